The van der Waals surface area contributed by atoms with Crippen molar-refractivity contribution in [3.05, 3.63) is 81.0 Å². The molecule has 5 nitrogen and oxygen atoms in total. The first-order valence-electron chi connectivity index (χ1n) is 9.05. The molecule has 7 heteroatoms. The lowest BCUT2D eigenvalue weighted by Gasteiger charge is -2.39. The van der Waals surface area contributed by atoms with E-state index in [1.54, 1.807) is 36.2 Å². The zero-order valence-corrected chi connectivity index (χ0v) is 17.5. The highest BCUT2D eigenvalue weighted by atomic mass is 35.5. The fourth-order valence-corrected chi connectivity index (χ4v) is 4.90. The van der Waals surface area contributed by atoms with E-state index in [4.69, 9.17) is 16.3 Å². The van der Waals surface area contributed by atoms with E-state index in [1.165, 1.54) is 18.4 Å². The van der Waals surface area contributed by atoms with Gasteiger partial charge in [-0.2, -0.15) is 0 Å². The average Bonchev–Trinajstić information content (AvgIpc) is 3.25. The van der Waals surface area contributed by atoms with Crippen LogP contribution in [0.25, 0.3) is 0 Å². The summed E-state index contributed by atoms with van der Waals surface area (Å²) in [5.41, 5.74) is 1.85. The van der Waals surface area contributed by atoms with Gasteiger partial charge in [0.15, 0.2) is 0 Å². The topological polar surface area (TPSA) is 58.6 Å². The third kappa shape index (κ3) is 3.50. The number of halogens is 1. The predicted molar refractivity (Wildman–Crippen MR) is 115 cm³/mol. The van der Waals surface area contributed by atoms with E-state index < -0.39 is 5.92 Å². The molecule has 1 aliphatic heterocycles. The minimum absolute atomic E-state index is 0.0875. The molecule has 1 aromatic heterocycles. The zero-order chi connectivity index (χ0) is 20.5. The Morgan fingerprint density at radius 3 is 2.66 bits per heavy atom. The fraction of sp³-hybridized carbons (Fsp3) is 0.182. The zero-order valence-electron chi connectivity index (χ0n) is 15.9. The molecule has 0 spiro atoms. The molecule has 0 unspecified atom stereocenters. The largest absolute Gasteiger partial charge is 0.495 e. The molecule has 2 aromatic carbocycles. The van der Waals surface area contributed by atoms with Crippen molar-refractivity contribution in [3.63, 3.8) is 0 Å². The van der Waals surface area contributed by atoms with E-state index in [-0.39, 0.29) is 17.9 Å². The Morgan fingerprint density at radius 1 is 1.17 bits per heavy atom. The second-order valence-corrected chi connectivity index (χ2v) is 8.17. The maximum absolute atomic E-state index is 13.4. The highest BCUT2D eigenvalue weighted by molar-refractivity contribution is 7.10. The summed E-state index contributed by atoms with van der Waals surface area (Å²) < 4.78 is 5.17. The first kappa shape index (κ1) is 19.5. The number of carbonyl (C=O) groups excluding carboxylic acids is 2. The Bertz CT molecular complexity index is 1070. The van der Waals surface area contributed by atoms with Crippen LogP contribution < -0.4 is 10.1 Å². The van der Waals surface area contributed by atoms with Gasteiger partial charge < -0.3 is 15.0 Å². The lowest BCUT2D eigenvalue weighted by atomic mass is 9.81. The van der Waals surface area contributed by atoms with Crippen LogP contribution in [-0.2, 0) is 4.79 Å². The second kappa shape index (κ2) is 7.89. The lowest BCUT2D eigenvalue weighted by molar-refractivity contribution is -0.119. The third-order valence-corrected chi connectivity index (χ3v) is 6.35. The van der Waals surface area contributed by atoms with Crippen molar-refractivity contribution in [1.82, 2.24) is 4.90 Å². The van der Waals surface area contributed by atoms with Crippen LogP contribution in [0, 0.1) is 0 Å². The number of thiophene rings is 1. The van der Waals surface area contributed by atoms with E-state index in [2.05, 4.69) is 5.32 Å². The number of nitrogens with zero attached hydrogens (tertiary/aromatic N) is 1. The summed E-state index contributed by atoms with van der Waals surface area (Å²) in [6, 6.07) is 15.9. The monoisotopic (exact) mass is 426 g/mol. The molecular weight excluding hydrogens is 408 g/mol. The summed E-state index contributed by atoms with van der Waals surface area (Å²) in [5, 5.41) is 5.32. The highest BCUT2D eigenvalue weighted by Gasteiger charge is 2.43. The van der Waals surface area contributed by atoms with Gasteiger partial charge in [-0.3, -0.25) is 9.59 Å². The number of anilines is 1. The molecule has 2 amide bonds. The van der Waals surface area contributed by atoms with Crippen molar-refractivity contribution in [2.75, 3.05) is 19.5 Å². The number of rotatable bonds is 4. The second-order valence-electron chi connectivity index (χ2n) is 6.78. The molecular formula is C22H19ClN2O3S. The maximum Gasteiger partial charge on any atom is 0.254 e. The molecule has 4 rings (SSSR count). The number of carbonyl (C=O) groups is 2. The average molecular weight is 427 g/mol. The van der Waals surface area contributed by atoms with Gasteiger partial charge in [-0.15, -0.1) is 11.3 Å². The lowest BCUT2D eigenvalue weighted by Crippen LogP contribution is -2.43. The van der Waals surface area contributed by atoms with Gasteiger partial charge in [-0.1, -0.05) is 35.9 Å². The Kier molecular flexibility index (Phi) is 5.30. The molecule has 29 heavy (non-hydrogen) atoms. The van der Waals surface area contributed by atoms with Crippen molar-refractivity contribution in [2.24, 2.45) is 0 Å². The summed E-state index contributed by atoms with van der Waals surface area (Å²) in [5.74, 6) is -0.296. The van der Waals surface area contributed by atoms with E-state index >= 15 is 0 Å². The number of hydrogen-bond donors (Lipinski definition) is 1. The van der Waals surface area contributed by atoms with Gasteiger partial charge in [0.2, 0.25) is 5.91 Å². The van der Waals surface area contributed by atoms with Crippen molar-refractivity contribution < 1.29 is 14.3 Å². The van der Waals surface area contributed by atoms with Gasteiger partial charge in [0.05, 0.1) is 24.1 Å². The predicted octanol–water partition coefficient (Wildman–Crippen LogP) is 4.96. The van der Waals surface area contributed by atoms with Crippen molar-refractivity contribution in [3.8, 4) is 5.75 Å². The van der Waals surface area contributed by atoms with Crippen LogP contribution in [0.15, 0.2) is 60.0 Å². The number of amides is 2. The van der Waals surface area contributed by atoms with Crippen LogP contribution in [0.3, 0.4) is 0 Å². The Hall–Kier alpha value is -2.83. The maximum atomic E-state index is 13.4. The minimum Gasteiger partial charge on any atom is -0.495 e. The first-order valence-corrected chi connectivity index (χ1v) is 10.3. The normalized spacial score (nSPS) is 18.3. The number of methoxy groups -OCH3 is 1. The molecule has 0 aliphatic carbocycles. The Balaban J connectivity index is 1.75. The molecule has 0 fully saturated rings. The van der Waals surface area contributed by atoms with E-state index in [1.807, 2.05) is 35.7 Å². The first-order chi connectivity index (χ1) is 14.0. The van der Waals surface area contributed by atoms with Gasteiger partial charge in [-0.05, 0) is 41.3 Å². The third-order valence-electron chi connectivity index (χ3n) is 5.12. The van der Waals surface area contributed by atoms with Crippen LogP contribution in [-0.4, -0.2) is 30.9 Å². The molecule has 1 aliphatic rings. The van der Waals surface area contributed by atoms with Gasteiger partial charge in [0.25, 0.3) is 5.91 Å². The fourth-order valence-electron chi connectivity index (χ4n) is 3.74. The molecule has 0 bridgehead atoms. The minimum atomic E-state index is -0.548. The van der Waals surface area contributed by atoms with Crippen molar-refractivity contribution in [1.29, 1.82) is 0 Å². The highest BCUT2D eigenvalue weighted by Crippen LogP contribution is 2.44. The van der Waals surface area contributed by atoms with Crippen LogP contribution in [0.2, 0.25) is 5.02 Å². The standard InChI is InChI=1S/C22H19ClN2O3S/c1-25-20(18-8-5-11-29-18)19(14-6-3-4-7-15(14)22(25)27)21(26)24-13-9-10-17(28-2)16(23)12-13/h3-12,19-20H,1-2H3,(H,24,26)/t19-,20-/m0/s1. The van der Waals surface area contributed by atoms with Crippen molar-refractivity contribution in [2.45, 2.75) is 12.0 Å². The van der Waals surface area contributed by atoms with E-state index in [0.717, 1.165) is 10.4 Å². The Labute approximate surface area is 177 Å². The molecule has 0 radical (unpaired) electrons. The van der Waals surface area contributed by atoms with Gasteiger partial charge in [0.1, 0.15) is 5.75 Å². The van der Waals surface area contributed by atoms with Gasteiger partial charge in [-0.25, -0.2) is 0 Å². The quantitative estimate of drug-likeness (QED) is 0.641. The summed E-state index contributed by atoms with van der Waals surface area (Å²) in [7, 11) is 3.28. The molecule has 3 aromatic rings. The number of likely N-dealkylation sites (N-methyl/N-ethyl adjacent to an activating group) is 1. The van der Waals surface area contributed by atoms with Crippen LogP contribution in [0.5, 0.6) is 5.75 Å². The summed E-state index contributed by atoms with van der Waals surface area (Å²) in [6.45, 7) is 0. The van der Waals surface area contributed by atoms with Crippen molar-refractivity contribution >= 4 is 40.4 Å². The van der Waals surface area contributed by atoms with E-state index in [0.29, 0.717) is 22.0 Å². The number of hydrogen-bond acceptors (Lipinski definition) is 4. The molecule has 148 valence electrons. The van der Waals surface area contributed by atoms with Crippen LogP contribution in [0.4, 0.5) is 5.69 Å². The summed E-state index contributed by atoms with van der Waals surface area (Å²) in [4.78, 5) is 29.0. The van der Waals surface area contributed by atoms with E-state index in [9.17, 15) is 9.59 Å². The molecule has 0 saturated carbocycles. The number of ether oxygens (including phenoxy) is 1. The smallest absolute Gasteiger partial charge is 0.254 e. The number of benzene rings is 2. The number of fused-ring (bicyclic) bond motifs is 1. The van der Waals surface area contributed by atoms with Crippen LogP contribution in [0.1, 0.15) is 32.8 Å². The summed E-state index contributed by atoms with van der Waals surface area (Å²) >= 11 is 7.74. The molecule has 1 N–H and O–H groups in total. The van der Waals surface area contributed by atoms with Gasteiger partial charge in [0, 0.05) is 23.2 Å². The van der Waals surface area contributed by atoms with Gasteiger partial charge >= 0.3 is 0 Å². The molecule has 2 heterocycles. The summed E-state index contributed by atoms with van der Waals surface area (Å²) in [6.07, 6.45) is 0. The van der Waals surface area contributed by atoms with Crippen LogP contribution >= 0.6 is 22.9 Å². The molecule has 2 atom stereocenters. The Morgan fingerprint density at radius 2 is 1.97 bits per heavy atom. The number of nitrogens with one attached hydrogen (secondary N) is 1. The molecule has 0 saturated heterocycles. The SMILES string of the molecule is COc1ccc(NC(=O)[C@H]2c3ccccc3C(=O)N(C)[C@H]2c2cccs2)cc1Cl.